The van der Waals surface area contributed by atoms with Crippen LogP contribution in [0.15, 0.2) is 75.4 Å². The fourth-order valence-electron chi connectivity index (χ4n) is 4.91. The Kier molecular flexibility index (Phi) is 10.1. The molecule has 0 spiro atoms. The van der Waals surface area contributed by atoms with E-state index in [2.05, 4.69) is 51.8 Å². The summed E-state index contributed by atoms with van der Waals surface area (Å²) in [6, 6.07) is 19.3. The summed E-state index contributed by atoms with van der Waals surface area (Å²) < 4.78 is 19.4. The first kappa shape index (κ1) is 31.7. The Hall–Kier alpha value is -3.67. The molecule has 5 rings (SSSR count). The van der Waals surface area contributed by atoms with E-state index in [1.54, 1.807) is 25.1 Å². The molecule has 0 aliphatic carbocycles. The Morgan fingerprint density at radius 1 is 1.05 bits per heavy atom. The number of nitrogens with zero attached hydrogens (tertiary/aromatic N) is 5. The van der Waals surface area contributed by atoms with Crippen LogP contribution in [-0.2, 0) is 10.2 Å². The van der Waals surface area contributed by atoms with Crippen LogP contribution >= 0.6 is 27.7 Å². The molecule has 3 aromatic carbocycles. The topological polar surface area (TPSA) is 91.1 Å². The predicted octanol–water partition coefficient (Wildman–Crippen LogP) is 6.72. The van der Waals surface area contributed by atoms with Crippen LogP contribution in [0.2, 0.25) is 0 Å². The number of Topliss-reactive ketones (excluding diaryl/α,β-unsaturated/α-hetero) is 1. The maximum Gasteiger partial charge on any atom is 0.212 e. The Morgan fingerprint density at radius 3 is 2.52 bits per heavy atom. The second-order valence-corrected chi connectivity index (χ2v) is 13.1. The monoisotopic (exact) mass is 677 g/mol. The Balaban J connectivity index is 1.47. The van der Waals surface area contributed by atoms with Gasteiger partial charge >= 0.3 is 0 Å². The van der Waals surface area contributed by atoms with Crippen LogP contribution in [0.3, 0.4) is 0 Å². The van der Waals surface area contributed by atoms with Gasteiger partial charge in [0.1, 0.15) is 11.5 Å². The van der Waals surface area contributed by atoms with E-state index in [9.17, 15) is 4.79 Å². The van der Waals surface area contributed by atoms with Gasteiger partial charge in [0.2, 0.25) is 5.16 Å². The van der Waals surface area contributed by atoms with Crippen molar-refractivity contribution in [2.45, 2.75) is 31.3 Å². The summed E-state index contributed by atoms with van der Waals surface area (Å²) in [7, 11) is 3.32. The van der Waals surface area contributed by atoms with Gasteiger partial charge in [-0.05, 0) is 47.4 Å². The first-order chi connectivity index (χ1) is 21.2. The van der Waals surface area contributed by atoms with Gasteiger partial charge in [0.15, 0.2) is 11.6 Å². The van der Waals surface area contributed by atoms with E-state index in [0.29, 0.717) is 29.8 Å². The fourth-order valence-corrected chi connectivity index (χ4v) is 6.09. The highest BCUT2D eigenvalue weighted by Crippen LogP contribution is 2.41. The van der Waals surface area contributed by atoms with Crippen molar-refractivity contribution >= 4 is 45.4 Å². The van der Waals surface area contributed by atoms with Crippen LogP contribution < -0.4 is 14.4 Å². The second-order valence-electron chi connectivity index (χ2n) is 11.3. The molecular formula is C33H36BrN5O4S. The number of hydrogen-bond acceptors (Lipinski definition) is 9. The van der Waals surface area contributed by atoms with Crippen LogP contribution in [0.4, 0.5) is 5.69 Å². The number of carbonyl (C=O) groups is 1. The zero-order valence-corrected chi connectivity index (χ0v) is 27.9. The molecular weight excluding hydrogens is 642 g/mol. The van der Waals surface area contributed by atoms with Crippen molar-refractivity contribution in [1.29, 1.82) is 0 Å². The molecule has 1 aliphatic heterocycles. The van der Waals surface area contributed by atoms with Gasteiger partial charge in [0, 0.05) is 34.3 Å². The largest absolute Gasteiger partial charge is 0.497 e. The second kappa shape index (κ2) is 14.0. The first-order valence-corrected chi connectivity index (χ1v) is 16.1. The summed E-state index contributed by atoms with van der Waals surface area (Å²) in [5, 5.41) is 14.1. The van der Waals surface area contributed by atoms with Crippen molar-refractivity contribution in [3.8, 4) is 22.9 Å². The van der Waals surface area contributed by atoms with Crippen LogP contribution in [-0.4, -0.2) is 73.1 Å². The van der Waals surface area contributed by atoms with Gasteiger partial charge in [-0.1, -0.05) is 72.7 Å². The lowest BCUT2D eigenvalue weighted by Gasteiger charge is -2.33. The van der Waals surface area contributed by atoms with Crippen LogP contribution in [0, 0.1) is 0 Å². The molecule has 0 N–H and O–H groups in total. The molecule has 0 amide bonds. The fraction of sp³-hybridized carbons (Fsp3) is 0.333. The average Bonchev–Trinajstić information content (AvgIpc) is 3.44. The highest BCUT2D eigenvalue weighted by Gasteiger charge is 2.27. The summed E-state index contributed by atoms with van der Waals surface area (Å²) >= 11 is 4.85. The minimum Gasteiger partial charge on any atom is -0.497 e. The number of methoxy groups -OCH3 is 2. The number of rotatable bonds is 10. The summed E-state index contributed by atoms with van der Waals surface area (Å²) in [5.41, 5.74) is 3.99. The predicted molar refractivity (Wildman–Crippen MR) is 179 cm³/mol. The van der Waals surface area contributed by atoms with Crippen molar-refractivity contribution in [2.24, 2.45) is 5.10 Å². The number of aromatic nitrogens is 3. The number of ether oxygens (including phenoxy) is 3. The zero-order chi connectivity index (χ0) is 31.3. The smallest absolute Gasteiger partial charge is 0.212 e. The van der Waals surface area contributed by atoms with Crippen molar-refractivity contribution in [3.63, 3.8) is 0 Å². The third kappa shape index (κ3) is 7.34. The van der Waals surface area contributed by atoms with E-state index < -0.39 is 0 Å². The molecule has 2 heterocycles. The van der Waals surface area contributed by atoms with Gasteiger partial charge in [0.05, 0.1) is 45.1 Å². The molecule has 0 radical (unpaired) electrons. The van der Waals surface area contributed by atoms with E-state index in [1.165, 1.54) is 11.8 Å². The molecule has 0 atom stereocenters. The molecule has 0 unspecified atom stereocenters. The quantitative estimate of drug-likeness (QED) is 0.104. The van der Waals surface area contributed by atoms with E-state index in [0.717, 1.165) is 51.4 Å². The van der Waals surface area contributed by atoms with Crippen LogP contribution in [0.5, 0.6) is 11.5 Å². The van der Waals surface area contributed by atoms with E-state index in [-0.39, 0.29) is 17.0 Å². The summed E-state index contributed by atoms with van der Waals surface area (Å²) in [5.74, 6) is 2.23. The maximum absolute atomic E-state index is 13.8. The molecule has 0 saturated carbocycles. The van der Waals surface area contributed by atoms with Crippen molar-refractivity contribution < 1.29 is 19.0 Å². The van der Waals surface area contributed by atoms with E-state index in [4.69, 9.17) is 19.3 Å². The molecule has 1 aliphatic rings. The lowest BCUT2D eigenvalue weighted by Crippen LogP contribution is -2.37. The van der Waals surface area contributed by atoms with Gasteiger partial charge in [-0.25, -0.2) is 0 Å². The van der Waals surface area contributed by atoms with Gasteiger partial charge < -0.3 is 19.1 Å². The number of carbonyl (C=O) groups excluding carboxylic acids is 1. The molecule has 1 aromatic heterocycles. The number of halogens is 1. The van der Waals surface area contributed by atoms with Crippen molar-refractivity contribution in [3.05, 3.63) is 81.8 Å². The van der Waals surface area contributed by atoms with E-state index in [1.807, 2.05) is 60.7 Å². The normalized spacial score (nSPS) is 13.8. The molecule has 1 saturated heterocycles. The van der Waals surface area contributed by atoms with Gasteiger partial charge in [-0.2, -0.15) is 9.78 Å². The van der Waals surface area contributed by atoms with Crippen LogP contribution in [0.1, 0.15) is 42.3 Å². The SMILES string of the molecule is COc1cccc(/C=N/n2c(SCC(=O)c3cc(N4CCOCC4)c(OC)c(C(C)(C)C)c3)nnc2-c2cccc(Br)c2)c1. The summed E-state index contributed by atoms with van der Waals surface area (Å²) in [6.45, 7) is 9.12. The van der Waals surface area contributed by atoms with Crippen molar-refractivity contribution in [2.75, 3.05) is 51.2 Å². The number of hydrogen-bond donors (Lipinski definition) is 0. The molecule has 44 heavy (non-hydrogen) atoms. The van der Waals surface area contributed by atoms with Gasteiger partial charge in [0.25, 0.3) is 0 Å². The van der Waals surface area contributed by atoms with E-state index >= 15 is 0 Å². The molecule has 11 heteroatoms. The number of thioether (sulfide) groups is 1. The number of morpholine rings is 1. The Morgan fingerprint density at radius 2 is 1.82 bits per heavy atom. The minimum atomic E-state index is -0.232. The lowest BCUT2D eigenvalue weighted by atomic mass is 9.84. The molecule has 4 aromatic rings. The molecule has 9 nitrogen and oxygen atoms in total. The number of benzene rings is 3. The molecule has 0 bridgehead atoms. The highest BCUT2D eigenvalue weighted by atomic mass is 79.9. The number of ketones is 1. The van der Waals surface area contributed by atoms with Gasteiger partial charge in [-0.3, -0.25) is 4.79 Å². The summed E-state index contributed by atoms with van der Waals surface area (Å²) in [6.07, 6.45) is 1.73. The van der Waals surface area contributed by atoms with Crippen molar-refractivity contribution in [1.82, 2.24) is 14.9 Å². The van der Waals surface area contributed by atoms with Gasteiger partial charge in [-0.15, -0.1) is 10.2 Å². The standard InChI is InChI=1S/C33H36BrN5O4S/c1-33(2,3)27-18-24(19-28(30(27)42-5)38-12-14-43-15-13-38)29(40)21-44-32-37-36-31(23-9-7-10-25(34)17-23)39(32)35-20-22-8-6-11-26(16-22)41-4/h6-11,16-20H,12-15,21H2,1-5H3/b35-20+. The number of anilines is 1. The Bertz CT molecular complexity index is 1660. The zero-order valence-electron chi connectivity index (χ0n) is 25.5. The third-order valence-electron chi connectivity index (χ3n) is 7.20. The maximum atomic E-state index is 13.8. The average molecular weight is 679 g/mol. The minimum absolute atomic E-state index is 0.0204. The molecule has 230 valence electrons. The first-order valence-electron chi connectivity index (χ1n) is 14.3. The molecule has 1 fully saturated rings. The third-order valence-corrected chi connectivity index (χ3v) is 8.61. The summed E-state index contributed by atoms with van der Waals surface area (Å²) in [4.78, 5) is 16.0. The highest BCUT2D eigenvalue weighted by molar-refractivity contribution is 9.10. The van der Waals surface area contributed by atoms with Crippen LogP contribution in [0.25, 0.3) is 11.4 Å². The lowest BCUT2D eigenvalue weighted by molar-refractivity contribution is 0.102. The Labute approximate surface area is 270 Å².